The molecule has 8 nitrogen and oxygen atoms in total. The average Bonchev–Trinajstić information content (AvgIpc) is 3.03. The smallest absolute Gasteiger partial charge is 0.295 e. The number of hydrogen-bond acceptors (Lipinski definition) is 6. The zero-order valence-electron chi connectivity index (χ0n) is 14.8. The topological polar surface area (TPSA) is 92.4 Å². The Labute approximate surface area is 155 Å². The number of pyridine rings is 1. The summed E-state index contributed by atoms with van der Waals surface area (Å²) in [5, 5.41) is 7.93. The molecule has 0 aliphatic carbocycles. The number of nitrogens with zero attached hydrogens (tertiary/aromatic N) is 3. The third kappa shape index (κ3) is 3.16. The van der Waals surface area contributed by atoms with Crippen LogP contribution in [0, 0.1) is 0 Å². The van der Waals surface area contributed by atoms with Crippen molar-refractivity contribution in [1.82, 2.24) is 20.7 Å². The molecule has 0 aliphatic rings. The van der Waals surface area contributed by atoms with Crippen LogP contribution >= 0.6 is 11.6 Å². The second kappa shape index (κ2) is 7.19. The second-order valence-corrected chi connectivity index (χ2v) is 6.11. The lowest BCUT2D eigenvalue weighted by atomic mass is 10.0. The maximum Gasteiger partial charge on any atom is 0.295 e. The lowest BCUT2D eigenvalue weighted by Crippen LogP contribution is -2.22. The number of ether oxygens (including phenoxy) is 1. The normalized spacial score (nSPS) is 10.8. The monoisotopic (exact) mass is 375 g/mol. The lowest BCUT2D eigenvalue weighted by Gasteiger charge is -2.15. The summed E-state index contributed by atoms with van der Waals surface area (Å²) in [4.78, 5) is 23.1. The Morgan fingerprint density at radius 1 is 1.23 bits per heavy atom. The molecule has 0 spiro atoms. The molecule has 0 bridgehead atoms. The van der Waals surface area contributed by atoms with Gasteiger partial charge in [0.1, 0.15) is 5.82 Å². The van der Waals surface area contributed by atoms with Crippen molar-refractivity contribution in [3.63, 3.8) is 0 Å². The van der Waals surface area contributed by atoms with Crippen molar-refractivity contribution in [1.29, 1.82) is 0 Å². The zero-order chi connectivity index (χ0) is 18.8. The molecule has 26 heavy (non-hydrogen) atoms. The number of hydrogen-bond donors (Lipinski definition) is 2. The van der Waals surface area contributed by atoms with Gasteiger partial charge < -0.3 is 9.64 Å². The van der Waals surface area contributed by atoms with Crippen LogP contribution in [0.25, 0.3) is 22.0 Å². The van der Waals surface area contributed by atoms with E-state index in [4.69, 9.17) is 16.3 Å². The van der Waals surface area contributed by atoms with Crippen molar-refractivity contribution >= 4 is 34.2 Å². The summed E-state index contributed by atoms with van der Waals surface area (Å²) in [6.07, 6.45) is 0. The van der Waals surface area contributed by atoms with Crippen LogP contribution in [0.4, 0.5) is 5.82 Å². The fourth-order valence-corrected chi connectivity index (χ4v) is 2.86. The molecule has 3 aromatic rings. The van der Waals surface area contributed by atoms with Crippen molar-refractivity contribution in [2.24, 2.45) is 0 Å². The molecule has 0 atom stereocenters. The van der Waals surface area contributed by atoms with Crippen LogP contribution < -0.4 is 15.1 Å². The highest BCUT2D eigenvalue weighted by Gasteiger charge is 2.19. The fraction of sp³-hybridized carbons (Fsp3) is 0.235. The van der Waals surface area contributed by atoms with Crippen LogP contribution in [0.5, 0.6) is 5.88 Å². The number of hydroxylamine groups is 1. The predicted molar refractivity (Wildman–Crippen MR) is 99.7 cm³/mol. The maximum absolute atomic E-state index is 12.1. The Balaban J connectivity index is 2.17. The van der Waals surface area contributed by atoms with Gasteiger partial charge in [0, 0.05) is 30.6 Å². The second-order valence-electron chi connectivity index (χ2n) is 5.71. The van der Waals surface area contributed by atoms with Gasteiger partial charge in [-0.25, -0.2) is 5.48 Å². The number of methoxy groups -OCH3 is 1. The van der Waals surface area contributed by atoms with Gasteiger partial charge in [-0.05, 0) is 24.3 Å². The number of fused-ring (bicyclic) bond motifs is 1. The van der Waals surface area contributed by atoms with Gasteiger partial charge in [0.15, 0.2) is 5.69 Å². The van der Waals surface area contributed by atoms with E-state index in [-0.39, 0.29) is 5.69 Å². The Morgan fingerprint density at radius 2 is 2.00 bits per heavy atom. The highest BCUT2D eigenvalue weighted by Crippen LogP contribution is 2.37. The van der Waals surface area contributed by atoms with E-state index in [0.717, 1.165) is 5.82 Å². The SMILES string of the molecule is CONC(=O)c1n[nH]c2cc(Cl)c(-c3ccc(N(C)C)nc3OC)cc12. The Morgan fingerprint density at radius 3 is 2.65 bits per heavy atom. The summed E-state index contributed by atoms with van der Waals surface area (Å²) in [7, 11) is 6.70. The molecular weight excluding hydrogens is 358 g/mol. The van der Waals surface area contributed by atoms with Gasteiger partial charge in [0.25, 0.3) is 5.91 Å². The third-order valence-corrected chi connectivity index (χ3v) is 4.16. The van der Waals surface area contributed by atoms with E-state index in [9.17, 15) is 4.79 Å². The molecule has 1 aromatic carbocycles. The molecule has 0 aliphatic heterocycles. The third-order valence-electron chi connectivity index (χ3n) is 3.85. The van der Waals surface area contributed by atoms with Crippen molar-refractivity contribution in [2.45, 2.75) is 0 Å². The lowest BCUT2D eigenvalue weighted by molar-refractivity contribution is 0.0534. The molecule has 0 radical (unpaired) electrons. The average molecular weight is 376 g/mol. The molecule has 9 heteroatoms. The Kier molecular flexibility index (Phi) is 4.97. The van der Waals surface area contributed by atoms with Gasteiger partial charge in [-0.1, -0.05) is 11.6 Å². The van der Waals surface area contributed by atoms with Crippen molar-refractivity contribution in [3.8, 4) is 17.0 Å². The van der Waals surface area contributed by atoms with Crippen LogP contribution in [-0.4, -0.2) is 49.4 Å². The quantitative estimate of drug-likeness (QED) is 0.666. The van der Waals surface area contributed by atoms with Gasteiger partial charge >= 0.3 is 0 Å². The summed E-state index contributed by atoms with van der Waals surface area (Å²) in [5.41, 5.74) is 4.50. The highest BCUT2D eigenvalue weighted by molar-refractivity contribution is 6.34. The van der Waals surface area contributed by atoms with Crippen LogP contribution in [0.2, 0.25) is 5.02 Å². The standard InChI is InChI=1S/C17H18ClN5O3/c1-23(2)14-6-5-9(17(19-14)25-3)10-7-11-13(8-12(10)18)20-21-15(11)16(24)22-26-4/h5-8H,1-4H3,(H,20,21)(H,22,24). The molecule has 0 saturated carbocycles. The van der Waals surface area contributed by atoms with Gasteiger partial charge in [-0.2, -0.15) is 10.1 Å². The highest BCUT2D eigenvalue weighted by atomic mass is 35.5. The van der Waals surface area contributed by atoms with Crippen molar-refractivity contribution < 1.29 is 14.4 Å². The van der Waals surface area contributed by atoms with Crippen LogP contribution in [0.1, 0.15) is 10.5 Å². The first-order chi connectivity index (χ1) is 12.5. The van der Waals surface area contributed by atoms with E-state index in [0.29, 0.717) is 32.9 Å². The molecule has 0 fully saturated rings. The first kappa shape index (κ1) is 18.0. The number of rotatable bonds is 5. The first-order valence-corrected chi connectivity index (χ1v) is 8.07. The number of nitrogens with one attached hydrogen (secondary N) is 2. The van der Waals surface area contributed by atoms with E-state index >= 15 is 0 Å². The van der Waals surface area contributed by atoms with Gasteiger partial charge in [0.05, 0.1) is 24.8 Å². The number of benzene rings is 1. The molecule has 136 valence electrons. The van der Waals surface area contributed by atoms with E-state index < -0.39 is 5.91 Å². The predicted octanol–water partition coefficient (Wildman–Crippen LogP) is 2.64. The van der Waals surface area contributed by atoms with E-state index in [1.807, 2.05) is 31.1 Å². The van der Waals surface area contributed by atoms with Gasteiger partial charge in [0.2, 0.25) is 5.88 Å². The molecule has 2 aromatic heterocycles. The minimum Gasteiger partial charge on any atom is -0.480 e. The van der Waals surface area contributed by atoms with E-state index in [1.54, 1.807) is 19.2 Å². The minimum absolute atomic E-state index is 0.205. The number of carbonyl (C=O) groups excluding carboxylic acids is 1. The number of aromatic nitrogens is 3. The molecule has 3 rings (SSSR count). The van der Waals surface area contributed by atoms with Crippen molar-refractivity contribution in [2.75, 3.05) is 33.2 Å². The molecular formula is C17H18ClN5O3. The number of H-pyrrole nitrogens is 1. The Bertz CT molecular complexity index is 970. The summed E-state index contributed by atoms with van der Waals surface area (Å²) in [6.45, 7) is 0. The summed E-state index contributed by atoms with van der Waals surface area (Å²) in [6, 6.07) is 7.23. The van der Waals surface area contributed by atoms with Crippen LogP contribution in [0.3, 0.4) is 0 Å². The summed E-state index contributed by atoms with van der Waals surface area (Å²) < 4.78 is 5.44. The minimum atomic E-state index is -0.458. The van der Waals surface area contributed by atoms with Gasteiger partial charge in [-0.3, -0.25) is 14.7 Å². The number of carbonyl (C=O) groups is 1. The van der Waals surface area contributed by atoms with E-state index in [1.165, 1.54) is 7.11 Å². The largest absolute Gasteiger partial charge is 0.480 e. The summed E-state index contributed by atoms with van der Waals surface area (Å²) in [5.74, 6) is 0.732. The van der Waals surface area contributed by atoms with Crippen molar-refractivity contribution in [3.05, 3.63) is 35.0 Å². The maximum atomic E-state index is 12.1. The molecule has 1 amide bonds. The zero-order valence-corrected chi connectivity index (χ0v) is 15.5. The summed E-state index contributed by atoms with van der Waals surface area (Å²) >= 11 is 6.45. The first-order valence-electron chi connectivity index (χ1n) is 7.70. The van der Waals surface area contributed by atoms with Crippen LogP contribution in [0.15, 0.2) is 24.3 Å². The number of amides is 1. The number of aromatic amines is 1. The molecule has 0 saturated heterocycles. The molecule has 2 N–H and O–H groups in total. The molecule has 2 heterocycles. The van der Waals surface area contributed by atoms with E-state index in [2.05, 4.69) is 25.5 Å². The van der Waals surface area contributed by atoms with Crippen LogP contribution in [-0.2, 0) is 4.84 Å². The fourth-order valence-electron chi connectivity index (χ4n) is 2.60. The number of halogens is 1. The number of anilines is 1. The van der Waals surface area contributed by atoms with Gasteiger partial charge in [-0.15, -0.1) is 0 Å². The molecule has 0 unspecified atom stereocenters. The Hall–Kier alpha value is -2.84.